The molecule has 2 rings (SSSR count). The first-order chi connectivity index (χ1) is 12.7. The average Bonchev–Trinajstić information content (AvgIpc) is 2.59. The third-order valence-electron chi connectivity index (χ3n) is 3.39. The molecule has 0 aliphatic rings. The van der Waals surface area contributed by atoms with Crippen LogP contribution in [0.25, 0.3) is 0 Å². The van der Waals surface area contributed by atoms with Crippen LogP contribution in [0.15, 0.2) is 47.4 Å². The number of nitro groups is 1. The number of nitrogens with one attached hydrogen (secondary N) is 3. The lowest BCUT2D eigenvalue weighted by atomic mass is 10.2. The Morgan fingerprint density at radius 1 is 1.15 bits per heavy atom. The Hall–Kier alpha value is -2.69. The Bertz CT molecular complexity index is 948. The number of nitrogens with zero attached hydrogens (tertiary/aromatic N) is 1. The number of para-hydroxylation sites is 1. The molecule has 0 bridgehead atoms. The predicted molar refractivity (Wildman–Crippen MR) is 103 cm³/mol. The number of sulfonamides is 1. The molecule has 0 atom stereocenters. The van der Waals surface area contributed by atoms with Crippen molar-refractivity contribution in [3.63, 3.8) is 0 Å². The quantitative estimate of drug-likeness (QED) is 0.347. The summed E-state index contributed by atoms with van der Waals surface area (Å²) in [4.78, 5) is 21.4. The van der Waals surface area contributed by atoms with Gasteiger partial charge in [-0.15, -0.1) is 0 Å². The summed E-state index contributed by atoms with van der Waals surface area (Å²) in [6.45, 7) is 1.43. The monoisotopic (exact) mass is 412 g/mol. The van der Waals surface area contributed by atoms with Gasteiger partial charge in [-0.05, 0) is 30.3 Å². The van der Waals surface area contributed by atoms with Gasteiger partial charge in [0.1, 0.15) is 5.69 Å². The van der Waals surface area contributed by atoms with Crippen LogP contribution in [0.3, 0.4) is 0 Å². The molecule has 2 aromatic carbocycles. The Labute approximate surface area is 160 Å². The second-order valence-electron chi connectivity index (χ2n) is 5.42. The van der Waals surface area contributed by atoms with E-state index in [-0.39, 0.29) is 40.3 Å². The van der Waals surface area contributed by atoms with Crippen molar-refractivity contribution in [3.05, 3.63) is 57.6 Å². The number of hydrogen-bond acceptors (Lipinski definition) is 6. The maximum absolute atomic E-state index is 12.3. The molecule has 144 valence electrons. The van der Waals surface area contributed by atoms with Gasteiger partial charge in [0.2, 0.25) is 15.9 Å². The Kier molecular flexibility index (Phi) is 6.72. The van der Waals surface area contributed by atoms with Crippen molar-refractivity contribution in [2.45, 2.75) is 11.8 Å². The van der Waals surface area contributed by atoms with Gasteiger partial charge < -0.3 is 10.6 Å². The molecule has 0 heterocycles. The van der Waals surface area contributed by atoms with Crippen molar-refractivity contribution >= 4 is 44.6 Å². The number of halogens is 1. The number of benzene rings is 2. The second-order valence-corrected chi connectivity index (χ2v) is 7.60. The third kappa shape index (κ3) is 5.64. The first kappa shape index (κ1) is 20.6. The summed E-state index contributed by atoms with van der Waals surface area (Å²) >= 11 is 5.95. The van der Waals surface area contributed by atoms with Crippen molar-refractivity contribution in [2.24, 2.45) is 0 Å². The Balaban J connectivity index is 1.97. The summed E-state index contributed by atoms with van der Waals surface area (Å²) in [5.74, 6) is -0.261. The summed E-state index contributed by atoms with van der Waals surface area (Å²) in [7, 11) is -3.77. The third-order valence-corrected chi connectivity index (χ3v) is 5.18. The van der Waals surface area contributed by atoms with Gasteiger partial charge in [-0.1, -0.05) is 17.7 Å². The maximum atomic E-state index is 12.3. The zero-order chi connectivity index (χ0) is 20.0. The highest BCUT2D eigenvalue weighted by molar-refractivity contribution is 7.89. The molecule has 0 aliphatic carbocycles. The minimum Gasteiger partial charge on any atom is -0.377 e. The van der Waals surface area contributed by atoms with E-state index in [1.807, 2.05) is 0 Å². The number of carbonyl (C=O) groups is 1. The van der Waals surface area contributed by atoms with Gasteiger partial charge in [-0.3, -0.25) is 14.9 Å². The smallest absolute Gasteiger partial charge is 0.293 e. The molecular weight excluding hydrogens is 396 g/mol. The van der Waals surface area contributed by atoms with Gasteiger partial charge in [0, 0.05) is 31.8 Å². The zero-order valence-electron chi connectivity index (χ0n) is 14.2. The van der Waals surface area contributed by atoms with E-state index in [1.54, 1.807) is 0 Å². The lowest BCUT2D eigenvalue weighted by molar-refractivity contribution is -0.383. The summed E-state index contributed by atoms with van der Waals surface area (Å²) in [6.07, 6.45) is 0. The van der Waals surface area contributed by atoms with E-state index in [1.165, 1.54) is 49.4 Å². The summed E-state index contributed by atoms with van der Waals surface area (Å²) < 4.78 is 26.9. The highest BCUT2D eigenvalue weighted by Gasteiger charge is 2.17. The van der Waals surface area contributed by atoms with Crippen LogP contribution < -0.4 is 15.4 Å². The topological polar surface area (TPSA) is 130 Å². The normalized spacial score (nSPS) is 11.0. The summed E-state index contributed by atoms with van der Waals surface area (Å²) in [5, 5.41) is 16.5. The highest BCUT2D eigenvalue weighted by Crippen LogP contribution is 2.31. The van der Waals surface area contributed by atoms with Crippen molar-refractivity contribution in [3.8, 4) is 0 Å². The number of anilines is 2. The molecule has 11 heteroatoms. The minimum absolute atomic E-state index is 0.0157. The highest BCUT2D eigenvalue weighted by atomic mass is 35.5. The fourth-order valence-electron chi connectivity index (χ4n) is 2.22. The maximum Gasteiger partial charge on any atom is 0.293 e. The van der Waals surface area contributed by atoms with E-state index in [9.17, 15) is 23.3 Å². The van der Waals surface area contributed by atoms with Crippen LogP contribution in [-0.2, 0) is 14.8 Å². The molecule has 1 amide bonds. The SMILES string of the molecule is CC(=O)Nc1ccc(S(=O)(=O)NCCNc2c(Cl)cccc2[N+](=O)[O-])cc1. The zero-order valence-corrected chi connectivity index (χ0v) is 15.8. The lowest BCUT2D eigenvalue weighted by Crippen LogP contribution is -2.29. The van der Waals surface area contributed by atoms with Gasteiger partial charge in [-0.25, -0.2) is 13.1 Å². The standard InChI is InChI=1S/C16H17ClN4O5S/c1-11(22)20-12-5-7-13(8-6-12)27(25,26)19-10-9-18-16-14(17)3-2-4-15(16)21(23)24/h2-8,18-19H,9-10H2,1H3,(H,20,22). The predicted octanol–water partition coefficient (Wildman–Crippen LogP) is 2.60. The average molecular weight is 413 g/mol. The van der Waals surface area contributed by atoms with Crippen LogP contribution in [0.1, 0.15) is 6.92 Å². The lowest BCUT2D eigenvalue weighted by Gasteiger charge is -2.11. The number of carbonyl (C=O) groups excluding carboxylic acids is 1. The fraction of sp³-hybridized carbons (Fsp3) is 0.188. The van der Waals surface area contributed by atoms with Gasteiger partial charge in [0.15, 0.2) is 0 Å². The number of rotatable bonds is 8. The van der Waals surface area contributed by atoms with Gasteiger partial charge in [0.05, 0.1) is 14.8 Å². The molecular formula is C16H17ClN4O5S. The second kappa shape index (κ2) is 8.80. The largest absolute Gasteiger partial charge is 0.377 e. The molecule has 0 unspecified atom stereocenters. The Morgan fingerprint density at radius 2 is 1.81 bits per heavy atom. The molecule has 0 aromatic heterocycles. The van der Waals surface area contributed by atoms with E-state index >= 15 is 0 Å². The molecule has 2 aromatic rings. The number of hydrogen-bond donors (Lipinski definition) is 3. The molecule has 0 radical (unpaired) electrons. The van der Waals surface area contributed by atoms with Crippen molar-refractivity contribution in [2.75, 3.05) is 23.7 Å². The van der Waals surface area contributed by atoms with Crippen LogP contribution in [0, 0.1) is 10.1 Å². The molecule has 0 saturated carbocycles. The van der Waals surface area contributed by atoms with E-state index in [4.69, 9.17) is 11.6 Å². The first-order valence-corrected chi connectivity index (χ1v) is 9.61. The fourth-order valence-corrected chi connectivity index (χ4v) is 3.49. The van der Waals surface area contributed by atoms with Crippen molar-refractivity contribution < 1.29 is 18.1 Å². The van der Waals surface area contributed by atoms with Crippen LogP contribution in [0.5, 0.6) is 0 Å². The van der Waals surface area contributed by atoms with Crippen LogP contribution >= 0.6 is 11.6 Å². The molecule has 0 fully saturated rings. The molecule has 0 saturated heterocycles. The Morgan fingerprint density at radius 3 is 2.41 bits per heavy atom. The molecule has 27 heavy (non-hydrogen) atoms. The van der Waals surface area contributed by atoms with Crippen LogP contribution in [-0.4, -0.2) is 32.3 Å². The number of nitro benzene ring substituents is 1. The first-order valence-electron chi connectivity index (χ1n) is 7.75. The molecule has 9 nitrogen and oxygen atoms in total. The van der Waals surface area contributed by atoms with E-state index in [0.29, 0.717) is 5.69 Å². The van der Waals surface area contributed by atoms with Crippen molar-refractivity contribution in [1.29, 1.82) is 0 Å². The summed E-state index contributed by atoms with van der Waals surface area (Å²) in [6, 6.07) is 9.92. The van der Waals surface area contributed by atoms with Crippen LogP contribution in [0.2, 0.25) is 5.02 Å². The van der Waals surface area contributed by atoms with E-state index < -0.39 is 14.9 Å². The van der Waals surface area contributed by atoms with Gasteiger partial charge in [0.25, 0.3) is 5.69 Å². The molecule has 0 aliphatic heterocycles. The molecule has 3 N–H and O–H groups in total. The molecule has 0 spiro atoms. The van der Waals surface area contributed by atoms with Gasteiger partial charge >= 0.3 is 0 Å². The van der Waals surface area contributed by atoms with E-state index in [2.05, 4.69) is 15.4 Å². The van der Waals surface area contributed by atoms with Crippen molar-refractivity contribution in [1.82, 2.24) is 4.72 Å². The van der Waals surface area contributed by atoms with E-state index in [0.717, 1.165) is 0 Å². The number of amides is 1. The van der Waals surface area contributed by atoms with Gasteiger partial charge in [-0.2, -0.15) is 0 Å². The summed E-state index contributed by atoms with van der Waals surface area (Å²) in [5.41, 5.74) is 0.413. The minimum atomic E-state index is -3.77. The van der Waals surface area contributed by atoms with Crippen LogP contribution in [0.4, 0.5) is 17.1 Å².